The minimum Gasteiger partial charge on any atom is -0.497 e. The van der Waals surface area contributed by atoms with Gasteiger partial charge < -0.3 is 10.1 Å². The van der Waals surface area contributed by atoms with Crippen LogP contribution in [0.25, 0.3) is 0 Å². The molecule has 1 N–H and O–H groups in total. The number of hydrogen-bond donors (Lipinski definition) is 1. The van der Waals surface area contributed by atoms with Crippen molar-refractivity contribution >= 4 is 11.6 Å². The lowest BCUT2D eigenvalue weighted by molar-refractivity contribution is -0.0924. The van der Waals surface area contributed by atoms with Crippen LogP contribution in [0.15, 0.2) is 47.7 Å². The summed E-state index contributed by atoms with van der Waals surface area (Å²) in [5.74, 6) is 0.921. The summed E-state index contributed by atoms with van der Waals surface area (Å²) in [5, 5.41) is 3.28. The molecule has 3 aliphatic carbocycles. The van der Waals surface area contributed by atoms with Crippen molar-refractivity contribution < 1.29 is 9.53 Å². The van der Waals surface area contributed by atoms with Crippen molar-refractivity contribution in [2.45, 2.75) is 63.5 Å². The SMILES string of the molecule is CCCCC1Cc2cc(OC)ccc2C(C23CC(NC(=O)c4ccncc4)(C2)C3)=N1. The van der Waals surface area contributed by atoms with E-state index < -0.39 is 0 Å². The van der Waals surface area contributed by atoms with E-state index in [0.717, 1.165) is 37.9 Å². The number of carbonyl (C=O) groups is 1. The van der Waals surface area contributed by atoms with Gasteiger partial charge in [0.1, 0.15) is 5.75 Å². The molecule has 6 rings (SSSR count). The van der Waals surface area contributed by atoms with E-state index in [1.54, 1.807) is 31.6 Å². The summed E-state index contributed by atoms with van der Waals surface area (Å²) in [6.45, 7) is 2.24. The molecule has 1 aromatic heterocycles. The third-order valence-electron chi connectivity index (χ3n) is 7.08. The largest absolute Gasteiger partial charge is 0.497 e. The molecule has 3 saturated carbocycles. The first-order valence-corrected chi connectivity index (χ1v) is 11.0. The number of aromatic nitrogens is 1. The van der Waals surface area contributed by atoms with Gasteiger partial charge in [-0.15, -0.1) is 0 Å². The molecular formula is C25H29N3O2. The van der Waals surface area contributed by atoms with Crippen LogP contribution in [-0.4, -0.2) is 35.3 Å². The average molecular weight is 404 g/mol. The first-order chi connectivity index (χ1) is 14.6. The van der Waals surface area contributed by atoms with Crippen LogP contribution in [0, 0.1) is 5.41 Å². The van der Waals surface area contributed by atoms with E-state index in [1.807, 2.05) is 6.07 Å². The molecule has 5 nitrogen and oxygen atoms in total. The fraction of sp³-hybridized carbons (Fsp3) is 0.480. The highest BCUT2D eigenvalue weighted by Gasteiger charge is 2.71. The molecule has 4 aliphatic rings. The molecule has 156 valence electrons. The number of unbranched alkanes of at least 4 members (excludes halogenated alkanes) is 1. The molecule has 1 unspecified atom stereocenters. The Morgan fingerprint density at radius 3 is 2.67 bits per heavy atom. The average Bonchev–Trinajstić information content (AvgIpc) is 2.73. The minimum absolute atomic E-state index is 0.00208. The fourth-order valence-electron chi connectivity index (χ4n) is 5.67. The maximum atomic E-state index is 12.6. The van der Waals surface area contributed by atoms with Crippen LogP contribution in [0.5, 0.6) is 5.75 Å². The third-order valence-corrected chi connectivity index (χ3v) is 7.08. The molecule has 30 heavy (non-hydrogen) atoms. The van der Waals surface area contributed by atoms with Gasteiger partial charge in [0.2, 0.25) is 0 Å². The molecule has 0 radical (unpaired) electrons. The number of ether oxygens (including phenoxy) is 1. The van der Waals surface area contributed by atoms with Crippen molar-refractivity contribution in [1.82, 2.24) is 10.3 Å². The van der Waals surface area contributed by atoms with Crippen LogP contribution >= 0.6 is 0 Å². The Morgan fingerprint density at radius 1 is 1.20 bits per heavy atom. The predicted octanol–water partition coefficient (Wildman–Crippen LogP) is 4.35. The maximum Gasteiger partial charge on any atom is 0.251 e. The van der Waals surface area contributed by atoms with Gasteiger partial charge >= 0.3 is 0 Å². The molecule has 1 aromatic carbocycles. The second-order valence-electron chi connectivity index (χ2n) is 9.28. The van der Waals surface area contributed by atoms with Gasteiger partial charge in [-0.25, -0.2) is 0 Å². The van der Waals surface area contributed by atoms with Crippen LogP contribution in [0.1, 0.15) is 66.9 Å². The van der Waals surface area contributed by atoms with Crippen molar-refractivity contribution in [3.05, 3.63) is 59.4 Å². The van der Waals surface area contributed by atoms with Gasteiger partial charge in [-0.05, 0) is 73.6 Å². The highest BCUT2D eigenvalue weighted by molar-refractivity contribution is 6.09. The topological polar surface area (TPSA) is 63.6 Å². The number of aliphatic imine (C=N–C) groups is 1. The molecule has 1 aliphatic heterocycles. The van der Waals surface area contributed by atoms with Gasteiger partial charge in [0.15, 0.2) is 0 Å². The fourth-order valence-corrected chi connectivity index (χ4v) is 5.67. The van der Waals surface area contributed by atoms with E-state index in [-0.39, 0.29) is 16.9 Å². The van der Waals surface area contributed by atoms with E-state index in [4.69, 9.17) is 9.73 Å². The Bertz CT molecular complexity index is 979. The standard InChI is InChI=1S/C25H29N3O2/c1-3-4-5-19-12-18-13-20(30-2)6-7-21(18)22(27-19)24-14-25(15-24,16-24)28-23(29)17-8-10-26-11-9-17/h6-11,13,19H,3-5,12,14-16H2,1-2H3,(H,28,29). The summed E-state index contributed by atoms with van der Waals surface area (Å²) < 4.78 is 5.48. The molecule has 1 atom stereocenters. The number of amides is 1. The van der Waals surface area contributed by atoms with E-state index in [9.17, 15) is 4.79 Å². The van der Waals surface area contributed by atoms with Crippen LogP contribution in [0.4, 0.5) is 0 Å². The minimum atomic E-state index is -0.0636. The maximum absolute atomic E-state index is 12.6. The lowest BCUT2D eigenvalue weighted by Gasteiger charge is -2.71. The molecular weight excluding hydrogens is 374 g/mol. The van der Waals surface area contributed by atoms with Crippen LogP contribution in [-0.2, 0) is 6.42 Å². The smallest absolute Gasteiger partial charge is 0.251 e. The van der Waals surface area contributed by atoms with Crippen LogP contribution < -0.4 is 10.1 Å². The third kappa shape index (κ3) is 3.11. The quantitative estimate of drug-likeness (QED) is 0.748. The molecule has 2 bridgehead atoms. The Morgan fingerprint density at radius 2 is 1.97 bits per heavy atom. The molecule has 5 heteroatoms. The van der Waals surface area contributed by atoms with Crippen molar-refractivity contribution in [3.63, 3.8) is 0 Å². The summed E-state index contributed by atoms with van der Waals surface area (Å²) in [4.78, 5) is 21.9. The first-order valence-electron chi connectivity index (χ1n) is 11.0. The molecule has 0 saturated heterocycles. The molecule has 0 spiro atoms. The second kappa shape index (κ2) is 7.22. The van der Waals surface area contributed by atoms with E-state index in [1.165, 1.54) is 29.7 Å². The zero-order valence-electron chi connectivity index (χ0n) is 17.8. The summed E-state index contributed by atoms with van der Waals surface area (Å²) >= 11 is 0. The molecule has 3 fully saturated rings. The normalized spacial score (nSPS) is 28.5. The summed E-state index contributed by atoms with van der Waals surface area (Å²) in [7, 11) is 1.73. The second-order valence-corrected chi connectivity index (χ2v) is 9.28. The number of nitrogens with zero attached hydrogens (tertiary/aromatic N) is 2. The zero-order chi connectivity index (χ0) is 20.8. The number of benzene rings is 1. The van der Waals surface area contributed by atoms with Crippen LogP contribution in [0.3, 0.4) is 0 Å². The number of carbonyl (C=O) groups excluding carboxylic acids is 1. The monoisotopic (exact) mass is 403 g/mol. The lowest BCUT2D eigenvalue weighted by atomic mass is 9.37. The van der Waals surface area contributed by atoms with E-state index in [0.29, 0.717) is 11.6 Å². The number of hydrogen-bond acceptors (Lipinski definition) is 4. The van der Waals surface area contributed by atoms with E-state index >= 15 is 0 Å². The number of rotatable bonds is 7. The van der Waals surface area contributed by atoms with Gasteiger partial charge in [0.05, 0.1) is 13.2 Å². The Kier molecular flexibility index (Phi) is 4.64. The summed E-state index contributed by atoms with van der Waals surface area (Å²) in [6.07, 6.45) is 10.8. The van der Waals surface area contributed by atoms with Crippen molar-refractivity contribution in [2.75, 3.05) is 7.11 Å². The lowest BCUT2D eigenvalue weighted by Crippen LogP contribution is -2.77. The van der Waals surface area contributed by atoms with Crippen molar-refractivity contribution in [2.24, 2.45) is 10.4 Å². The van der Waals surface area contributed by atoms with Gasteiger partial charge in [0.25, 0.3) is 5.91 Å². The predicted molar refractivity (Wildman–Crippen MR) is 117 cm³/mol. The zero-order valence-corrected chi connectivity index (χ0v) is 17.8. The molecule has 2 aromatic rings. The Hall–Kier alpha value is -2.69. The molecule has 1 amide bonds. The highest BCUT2D eigenvalue weighted by atomic mass is 16.5. The van der Waals surface area contributed by atoms with Crippen molar-refractivity contribution in [3.8, 4) is 5.75 Å². The molecule has 2 heterocycles. The van der Waals surface area contributed by atoms with Gasteiger partial charge in [0, 0.05) is 34.6 Å². The number of methoxy groups -OCH3 is 1. The number of fused-ring (bicyclic) bond motifs is 1. The Labute approximate surface area is 178 Å². The van der Waals surface area contributed by atoms with Crippen LogP contribution in [0.2, 0.25) is 0 Å². The van der Waals surface area contributed by atoms with Crippen molar-refractivity contribution in [1.29, 1.82) is 0 Å². The summed E-state index contributed by atoms with van der Waals surface area (Å²) in [6, 6.07) is 10.3. The van der Waals surface area contributed by atoms with Gasteiger partial charge in [-0.3, -0.25) is 14.8 Å². The highest BCUT2D eigenvalue weighted by Crippen LogP contribution is 2.69. The van der Waals surface area contributed by atoms with Gasteiger partial charge in [-0.1, -0.05) is 19.8 Å². The number of nitrogens with one attached hydrogen (secondary N) is 1. The summed E-state index contributed by atoms with van der Waals surface area (Å²) in [5.41, 5.74) is 4.66. The van der Waals surface area contributed by atoms with E-state index in [2.05, 4.69) is 29.4 Å². The van der Waals surface area contributed by atoms with Gasteiger partial charge in [-0.2, -0.15) is 0 Å². The first kappa shape index (κ1) is 19.3. The number of pyridine rings is 1. The Balaban J connectivity index is 1.35.